The van der Waals surface area contributed by atoms with Crippen LogP contribution in [0.2, 0.25) is 0 Å². The van der Waals surface area contributed by atoms with E-state index in [1.807, 2.05) is 36.4 Å². The van der Waals surface area contributed by atoms with Gasteiger partial charge in [0.25, 0.3) is 11.8 Å². The molecule has 3 aromatic rings. The lowest BCUT2D eigenvalue weighted by atomic mass is 10.0. The molecule has 154 valence electrons. The van der Waals surface area contributed by atoms with Crippen molar-refractivity contribution >= 4 is 23.2 Å². The Hall–Kier alpha value is -4.07. The van der Waals surface area contributed by atoms with Gasteiger partial charge in [-0.15, -0.1) is 0 Å². The molecule has 0 fully saturated rings. The van der Waals surface area contributed by atoms with Crippen LogP contribution in [0.1, 0.15) is 27.2 Å². The summed E-state index contributed by atoms with van der Waals surface area (Å²) >= 11 is 0. The van der Waals surface area contributed by atoms with Crippen molar-refractivity contribution in [3.05, 3.63) is 83.3 Å². The van der Waals surface area contributed by atoms with Crippen LogP contribution >= 0.6 is 0 Å². The summed E-state index contributed by atoms with van der Waals surface area (Å²) in [6, 6.07) is 14.7. The van der Waals surface area contributed by atoms with Crippen molar-refractivity contribution in [2.45, 2.75) is 12.6 Å². The second kappa shape index (κ2) is 7.64. The van der Waals surface area contributed by atoms with E-state index in [9.17, 15) is 9.59 Å². The minimum atomic E-state index is -1.09. The summed E-state index contributed by atoms with van der Waals surface area (Å²) in [6.07, 6.45) is 2.63. The van der Waals surface area contributed by atoms with E-state index in [4.69, 9.17) is 4.74 Å². The minimum Gasteiger partial charge on any atom is -0.481 e. The SMILES string of the molecule is COc1cc2c3c(n1)C(c1ccccc1)=N[C@@H](NC(=O)c1cccnc1)C(=O)N3CC2. The maximum atomic E-state index is 13.4. The Bertz CT molecular complexity index is 1190. The van der Waals surface area contributed by atoms with Crippen LogP contribution in [0.25, 0.3) is 0 Å². The Morgan fingerprint density at radius 3 is 2.77 bits per heavy atom. The first-order valence-corrected chi connectivity index (χ1v) is 9.89. The molecule has 2 aliphatic heterocycles. The van der Waals surface area contributed by atoms with E-state index in [1.165, 1.54) is 6.20 Å². The van der Waals surface area contributed by atoms with Crippen LogP contribution in [0.3, 0.4) is 0 Å². The van der Waals surface area contributed by atoms with Gasteiger partial charge >= 0.3 is 0 Å². The van der Waals surface area contributed by atoms with Gasteiger partial charge in [0.2, 0.25) is 12.0 Å². The lowest BCUT2D eigenvalue weighted by Gasteiger charge is -2.20. The molecule has 2 aromatic heterocycles. The van der Waals surface area contributed by atoms with Gasteiger partial charge in [0.05, 0.1) is 24.1 Å². The van der Waals surface area contributed by atoms with Gasteiger partial charge in [-0.3, -0.25) is 14.6 Å². The zero-order chi connectivity index (χ0) is 21.4. The summed E-state index contributed by atoms with van der Waals surface area (Å²) in [5.74, 6) is -0.252. The summed E-state index contributed by atoms with van der Waals surface area (Å²) < 4.78 is 5.40. The average molecular weight is 413 g/mol. The van der Waals surface area contributed by atoms with E-state index < -0.39 is 12.1 Å². The molecule has 0 aliphatic carbocycles. The Kier molecular flexibility index (Phi) is 4.66. The van der Waals surface area contributed by atoms with Gasteiger partial charge in [0.15, 0.2) is 0 Å². The monoisotopic (exact) mass is 413 g/mol. The third-order valence-electron chi connectivity index (χ3n) is 5.35. The lowest BCUT2D eigenvalue weighted by molar-refractivity contribution is -0.120. The van der Waals surface area contributed by atoms with Gasteiger partial charge in [-0.25, -0.2) is 9.98 Å². The molecule has 1 aromatic carbocycles. The largest absolute Gasteiger partial charge is 0.481 e. The molecular formula is C23H19N5O3. The number of methoxy groups -OCH3 is 1. The molecule has 2 aliphatic rings. The van der Waals surface area contributed by atoms with E-state index >= 15 is 0 Å². The number of aliphatic imine (C=N–C) groups is 1. The smallest absolute Gasteiger partial charge is 0.272 e. The number of anilines is 1. The minimum absolute atomic E-state index is 0.296. The first-order chi connectivity index (χ1) is 15.2. The molecular weight excluding hydrogens is 394 g/mol. The van der Waals surface area contributed by atoms with Gasteiger partial charge in [0, 0.05) is 30.6 Å². The summed E-state index contributed by atoms with van der Waals surface area (Å²) in [6.45, 7) is 0.493. The first-order valence-electron chi connectivity index (χ1n) is 9.89. The zero-order valence-corrected chi connectivity index (χ0v) is 16.8. The zero-order valence-electron chi connectivity index (χ0n) is 16.8. The molecule has 8 heteroatoms. The first kappa shape index (κ1) is 18.9. The van der Waals surface area contributed by atoms with Crippen molar-refractivity contribution in [3.8, 4) is 5.88 Å². The molecule has 5 rings (SSSR count). The van der Waals surface area contributed by atoms with Crippen LogP contribution in [-0.4, -0.2) is 47.3 Å². The van der Waals surface area contributed by atoms with Crippen LogP contribution in [0, 0.1) is 0 Å². The molecule has 0 saturated heterocycles. The highest BCUT2D eigenvalue weighted by Crippen LogP contribution is 2.37. The van der Waals surface area contributed by atoms with Crippen LogP contribution in [0.5, 0.6) is 5.88 Å². The lowest BCUT2D eigenvalue weighted by Crippen LogP contribution is -2.47. The van der Waals surface area contributed by atoms with Crippen molar-refractivity contribution < 1.29 is 14.3 Å². The van der Waals surface area contributed by atoms with E-state index in [0.29, 0.717) is 35.8 Å². The number of carbonyl (C=O) groups is 2. The number of aromatic nitrogens is 2. The number of amides is 2. The Morgan fingerprint density at radius 2 is 2.03 bits per heavy atom. The number of hydrogen-bond donors (Lipinski definition) is 1. The number of nitrogens with zero attached hydrogens (tertiary/aromatic N) is 4. The second-order valence-corrected chi connectivity index (χ2v) is 7.22. The topological polar surface area (TPSA) is 96.8 Å². The maximum absolute atomic E-state index is 13.4. The highest BCUT2D eigenvalue weighted by molar-refractivity contribution is 6.20. The van der Waals surface area contributed by atoms with Crippen molar-refractivity contribution in [1.29, 1.82) is 0 Å². The Morgan fingerprint density at radius 1 is 1.19 bits per heavy atom. The standard InChI is InChI=1S/C23H19N5O3/c1-31-17-12-15-9-11-28-20(15)19(25-17)18(14-6-3-2-4-7-14)26-21(23(28)30)27-22(29)16-8-5-10-24-13-16/h2-8,10,12-13,21H,9,11H2,1H3,(H,27,29)/t21-/m0/s1. The molecule has 0 radical (unpaired) electrons. The molecule has 31 heavy (non-hydrogen) atoms. The fourth-order valence-corrected chi connectivity index (χ4v) is 3.89. The van der Waals surface area contributed by atoms with Crippen molar-refractivity contribution in [3.63, 3.8) is 0 Å². The fourth-order valence-electron chi connectivity index (χ4n) is 3.89. The average Bonchev–Trinajstić information content (AvgIpc) is 3.21. The van der Waals surface area contributed by atoms with E-state index in [-0.39, 0.29) is 5.91 Å². The van der Waals surface area contributed by atoms with Crippen LogP contribution in [-0.2, 0) is 11.2 Å². The van der Waals surface area contributed by atoms with Gasteiger partial charge in [0.1, 0.15) is 5.69 Å². The molecule has 8 nitrogen and oxygen atoms in total. The summed E-state index contributed by atoms with van der Waals surface area (Å²) in [7, 11) is 1.56. The third-order valence-corrected chi connectivity index (χ3v) is 5.35. The molecule has 1 atom stereocenters. The van der Waals surface area contributed by atoms with Gasteiger partial charge in [-0.05, 0) is 24.1 Å². The third kappa shape index (κ3) is 3.31. The van der Waals surface area contributed by atoms with E-state index in [2.05, 4.69) is 20.3 Å². The highest BCUT2D eigenvalue weighted by Gasteiger charge is 2.38. The predicted octanol–water partition coefficient (Wildman–Crippen LogP) is 1.98. The number of carbonyl (C=O) groups excluding carboxylic acids is 2. The summed E-state index contributed by atoms with van der Waals surface area (Å²) in [4.78, 5) is 41.1. The second-order valence-electron chi connectivity index (χ2n) is 7.22. The number of hydrogen-bond acceptors (Lipinski definition) is 6. The van der Waals surface area contributed by atoms with Crippen molar-refractivity contribution in [2.24, 2.45) is 4.99 Å². The van der Waals surface area contributed by atoms with Gasteiger partial charge in [-0.2, -0.15) is 0 Å². The quantitative estimate of drug-likeness (QED) is 0.706. The van der Waals surface area contributed by atoms with Crippen LogP contribution in [0.4, 0.5) is 5.69 Å². The van der Waals surface area contributed by atoms with E-state index in [1.54, 1.807) is 30.3 Å². The normalized spacial score (nSPS) is 16.9. The van der Waals surface area contributed by atoms with Crippen molar-refractivity contribution in [1.82, 2.24) is 15.3 Å². The number of rotatable bonds is 4. The van der Waals surface area contributed by atoms with E-state index in [0.717, 1.165) is 16.8 Å². The summed E-state index contributed by atoms with van der Waals surface area (Å²) in [5, 5.41) is 2.76. The van der Waals surface area contributed by atoms with Crippen molar-refractivity contribution in [2.75, 3.05) is 18.6 Å². The number of pyridine rings is 2. The molecule has 1 N–H and O–H groups in total. The molecule has 0 saturated carbocycles. The van der Waals surface area contributed by atoms with Crippen LogP contribution < -0.4 is 15.0 Å². The van der Waals surface area contributed by atoms with Gasteiger partial charge < -0.3 is 15.0 Å². The predicted molar refractivity (Wildman–Crippen MR) is 114 cm³/mol. The summed E-state index contributed by atoms with van der Waals surface area (Å²) in [5.41, 5.74) is 3.96. The number of ether oxygens (including phenoxy) is 1. The Labute approximate surface area is 178 Å². The molecule has 0 unspecified atom stereocenters. The molecule has 2 amide bonds. The Balaban J connectivity index is 1.64. The fraction of sp³-hybridized carbons (Fsp3) is 0.174. The number of benzene rings is 1. The molecule has 0 spiro atoms. The van der Waals surface area contributed by atoms with Crippen LogP contribution in [0.15, 0.2) is 65.9 Å². The maximum Gasteiger partial charge on any atom is 0.272 e. The van der Waals surface area contributed by atoms with Gasteiger partial charge in [-0.1, -0.05) is 30.3 Å². The molecule has 4 heterocycles. The molecule has 0 bridgehead atoms. The number of nitrogens with one attached hydrogen (secondary N) is 1. The highest BCUT2D eigenvalue weighted by atomic mass is 16.5.